The van der Waals surface area contributed by atoms with Crippen molar-refractivity contribution in [2.45, 2.75) is 78.1 Å². The Morgan fingerprint density at radius 3 is 2.62 bits per heavy atom. The van der Waals surface area contributed by atoms with Crippen LogP contribution in [0.4, 0.5) is 4.39 Å². The molecule has 4 nitrogen and oxygen atoms in total. The maximum atomic E-state index is 13.6. The molecular formula is C21H34FN3O. The lowest BCUT2D eigenvalue weighted by Gasteiger charge is -2.43. The number of amides is 1. The first-order valence-corrected chi connectivity index (χ1v) is 10.3. The zero-order chi connectivity index (χ0) is 18.9. The van der Waals surface area contributed by atoms with Crippen LogP contribution in [0, 0.1) is 23.3 Å². The molecule has 2 aliphatic heterocycles. The molecule has 0 aromatic heterocycles. The van der Waals surface area contributed by atoms with Crippen molar-refractivity contribution in [1.29, 1.82) is 0 Å². The van der Waals surface area contributed by atoms with Gasteiger partial charge in [-0.2, -0.15) is 0 Å². The van der Waals surface area contributed by atoms with Crippen molar-refractivity contribution < 1.29 is 9.18 Å². The van der Waals surface area contributed by atoms with E-state index in [4.69, 9.17) is 6.57 Å². The predicted octanol–water partition coefficient (Wildman–Crippen LogP) is 4.12. The summed E-state index contributed by atoms with van der Waals surface area (Å²) in [7, 11) is 0. The largest absolute Gasteiger partial charge is 0.303 e. The maximum absolute atomic E-state index is 13.6. The highest BCUT2D eigenvalue weighted by Crippen LogP contribution is 2.58. The number of halogens is 1. The summed E-state index contributed by atoms with van der Waals surface area (Å²) in [5.74, 6) is 0.643. The van der Waals surface area contributed by atoms with Crippen LogP contribution >= 0.6 is 0 Å². The molecule has 3 rings (SSSR count). The number of rotatable bonds is 5. The minimum Gasteiger partial charge on any atom is -0.303 e. The van der Waals surface area contributed by atoms with E-state index in [1.54, 1.807) is 0 Å². The third-order valence-electron chi connectivity index (χ3n) is 7.88. The molecule has 1 amide bonds. The van der Waals surface area contributed by atoms with Gasteiger partial charge in [-0.15, -0.1) is 0 Å². The van der Waals surface area contributed by atoms with Gasteiger partial charge < -0.3 is 4.90 Å². The first-order chi connectivity index (χ1) is 12.3. The fourth-order valence-corrected chi connectivity index (χ4v) is 5.39. The first-order valence-electron chi connectivity index (χ1n) is 10.3. The second-order valence-electron chi connectivity index (χ2n) is 9.51. The van der Waals surface area contributed by atoms with Crippen LogP contribution in [0.1, 0.15) is 65.7 Å². The molecule has 146 valence electrons. The third kappa shape index (κ3) is 3.63. The molecule has 2 saturated heterocycles. The Labute approximate surface area is 157 Å². The van der Waals surface area contributed by atoms with E-state index in [-0.39, 0.29) is 29.7 Å². The monoisotopic (exact) mass is 363 g/mol. The van der Waals surface area contributed by atoms with E-state index in [1.807, 2.05) is 0 Å². The van der Waals surface area contributed by atoms with Crippen LogP contribution in [0.15, 0.2) is 0 Å². The number of hydrogen-bond acceptors (Lipinski definition) is 2. The van der Waals surface area contributed by atoms with E-state index >= 15 is 0 Å². The molecule has 0 spiro atoms. The number of carbonyl (C=O) groups excluding carboxylic acids is 1. The van der Waals surface area contributed by atoms with Crippen molar-refractivity contribution in [1.82, 2.24) is 9.80 Å². The highest BCUT2D eigenvalue weighted by atomic mass is 19.1. The summed E-state index contributed by atoms with van der Waals surface area (Å²) in [5.41, 5.74) is 0.332. The molecule has 0 aromatic carbocycles. The second-order valence-corrected chi connectivity index (χ2v) is 9.51. The summed E-state index contributed by atoms with van der Waals surface area (Å²) < 4.78 is 13.6. The van der Waals surface area contributed by atoms with Crippen LogP contribution < -0.4 is 0 Å². The van der Waals surface area contributed by atoms with Gasteiger partial charge in [0.1, 0.15) is 6.17 Å². The summed E-state index contributed by atoms with van der Waals surface area (Å²) in [5, 5.41) is 0. The molecule has 0 N–H and O–H groups in total. The van der Waals surface area contributed by atoms with Crippen molar-refractivity contribution in [2.24, 2.45) is 16.7 Å². The molecule has 26 heavy (non-hydrogen) atoms. The summed E-state index contributed by atoms with van der Waals surface area (Å²) in [4.78, 5) is 20.2. The van der Waals surface area contributed by atoms with Gasteiger partial charge in [-0.25, -0.2) is 11.0 Å². The minimum absolute atomic E-state index is 0.0360. The van der Waals surface area contributed by atoms with Gasteiger partial charge in [0.2, 0.25) is 5.91 Å². The number of carbonyl (C=O) groups is 1. The van der Waals surface area contributed by atoms with Crippen LogP contribution in [0.2, 0.25) is 0 Å². The van der Waals surface area contributed by atoms with E-state index in [9.17, 15) is 9.18 Å². The lowest BCUT2D eigenvalue weighted by atomic mass is 9.63. The molecule has 4 atom stereocenters. The SMILES string of the molecule is [C-]#[N+][C@@H]1C[C@H](F)CN1C(=O)CC[C@]1(C)CC[C@H](CN2CCCC2)C1(C)C. The summed E-state index contributed by atoms with van der Waals surface area (Å²) in [6, 6.07) is 0. The molecule has 0 radical (unpaired) electrons. The topological polar surface area (TPSA) is 27.9 Å². The predicted molar refractivity (Wildman–Crippen MR) is 101 cm³/mol. The normalized spacial score (nSPS) is 37.2. The number of nitrogens with zero attached hydrogens (tertiary/aromatic N) is 3. The van der Waals surface area contributed by atoms with Gasteiger partial charge in [0.15, 0.2) is 0 Å². The molecular weight excluding hydrogens is 329 g/mol. The molecule has 0 unspecified atom stereocenters. The summed E-state index contributed by atoms with van der Waals surface area (Å²) >= 11 is 0. The fourth-order valence-electron chi connectivity index (χ4n) is 5.39. The summed E-state index contributed by atoms with van der Waals surface area (Å²) in [6.45, 7) is 18.0. The van der Waals surface area contributed by atoms with E-state index in [0.717, 1.165) is 12.8 Å². The van der Waals surface area contributed by atoms with Gasteiger partial charge in [-0.1, -0.05) is 20.8 Å². The Morgan fingerprint density at radius 1 is 1.27 bits per heavy atom. The average molecular weight is 364 g/mol. The van der Waals surface area contributed by atoms with Crippen molar-refractivity contribution in [3.8, 4) is 0 Å². The van der Waals surface area contributed by atoms with Gasteiger partial charge in [0, 0.05) is 13.0 Å². The zero-order valence-corrected chi connectivity index (χ0v) is 16.6. The van der Waals surface area contributed by atoms with E-state index in [1.165, 1.54) is 43.8 Å². The molecule has 1 saturated carbocycles. The second kappa shape index (κ2) is 7.46. The highest BCUT2D eigenvalue weighted by Gasteiger charge is 2.51. The van der Waals surface area contributed by atoms with Crippen molar-refractivity contribution in [2.75, 3.05) is 26.2 Å². The third-order valence-corrected chi connectivity index (χ3v) is 7.88. The van der Waals surface area contributed by atoms with Crippen molar-refractivity contribution in [3.05, 3.63) is 11.4 Å². The smallest absolute Gasteiger partial charge is 0.303 e. The van der Waals surface area contributed by atoms with Gasteiger partial charge >= 0.3 is 6.17 Å². The molecule has 0 aromatic rings. The Morgan fingerprint density at radius 2 is 1.96 bits per heavy atom. The standard InChI is InChI=1S/C21H34FN3O/c1-20(2)16(14-24-11-5-6-12-24)7-9-21(20,3)10-8-19(26)25-15-17(22)13-18(25)23-4/h16-18H,5-15H2,1-3H3/t16-,17+,18+,21+/m1/s1. The van der Waals surface area contributed by atoms with Crippen LogP contribution in [0.5, 0.6) is 0 Å². The Hall–Kier alpha value is -1.15. The molecule has 3 fully saturated rings. The zero-order valence-electron chi connectivity index (χ0n) is 16.6. The minimum atomic E-state index is -1.04. The molecule has 2 heterocycles. The lowest BCUT2D eigenvalue weighted by molar-refractivity contribution is -0.132. The van der Waals surface area contributed by atoms with Crippen LogP contribution in [-0.2, 0) is 4.79 Å². The van der Waals surface area contributed by atoms with Gasteiger partial charge in [-0.05, 0) is 61.9 Å². The van der Waals surface area contributed by atoms with Crippen LogP contribution in [0.25, 0.3) is 4.85 Å². The van der Waals surface area contributed by atoms with Crippen LogP contribution in [-0.4, -0.2) is 54.2 Å². The quantitative estimate of drug-likeness (QED) is 0.687. The molecule has 1 aliphatic carbocycles. The molecule has 3 aliphatic rings. The lowest BCUT2D eigenvalue weighted by Crippen LogP contribution is -2.40. The first kappa shape index (κ1) is 19.6. The Kier molecular flexibility index (Phi) is 5.63. The van der Waals surface area contributed by atoms with Crippen LogP contribution in [0.3, 0.4) is 0 Å². The molecule has 5 heteroatoms. The van der Waals surface area contributed by atoms with Crippen molar-refractivity contribution >= 4 is 5.91 Å². The number of alkyl halides is 1. The summed E-state index contributed by atoms with van der Waals surface area (Å²) in [6.07, 6.45) is 4.86. The van der Waals surface area contributed by atoms with E-state index < -0.39 is 12.3 Å². The van der Waals surface area contributed by atoms with Crippen molar-refractivity contribution in [3.63, 3.8) is 0 Å². The molecule has 0 bridgehead atoms. The Bertz CT molecular complexity index is 566. The van der Waals surface area contributed by atoms with E-state index in [2.05, 4.69) is 30.5 Å². The van der Waals surface area contributed by atoms with Gasteiger partial charge in [-0.3, -0.25) is 14.5 Å². The van der Waals surface area contributed by atoms with Gasteiger partial charge in [0.25, 0.3) is 0 Å². The number of likely N-dealkylation sites (tertiary alicyclic amines) is 2. The Balaban J connectivity index is 1.58. The van der Waals surface area contributed by atoms with E-state index in [0.29, 0.717) is 12.3 Å². The van der Waals surface area contributed by atoms with Gasteiger partial charge in [0.05, 0.1) is 13.0 Å². The highest BCUT2D eigenvalue weighted by molar-refractivity contribution is 5.77. The average Bonchev–Trinajstić information content (AvgIpc) is 3.29. The number of hydrogen-bond donors (Lipinski definition) is 0. The fraction of sp³-hybridized carbons (Fsp3) is 0.905. The maximum Gasteiger partial charge on any atom is 0.303 e.